The number of hydrogen-bond acceptors (Lipinski definition) is 2. The molecule has 0 unspecified atom stereocenters. The summed E-state index contributed by atoms with van der Waals surface area (Å²) in [7, 11) is 0. The summed E-state index contributed by atoms with van der Waals surface area (Å²) in [5.41, 5.74) is 1.42. The van der Waals surface area contributed by atoms with Crippen LogP contribution in [0, 0.1) is 0 Å². The normalized spacial score (nSPS) is 11.4. The number of nitrogens with zero attached hydrogens (tertiary/aromatic N) is 2. The lowest BCUT2D eigenvalue weighted by atomic mass is 10.1. The fourth-order valence-corrected chi connectivity index (χ4v) is 1.43. The third kappa shape index (κ3) is 2.17. The predicted molar refractivity (Wildman–Crippen MR) is 59.7 cm³/mol. The lowest BCUT2D eigenvalue weighted by Gasteiger charge is -2.07. The van der Waals surface area contributed by atoms with E-state index in [0.717, 1.165) is 11.6 Å². The average Bonchev–Trinajstić information content (AvgIpc) is 2.80. The summed E-state index contributed by atoms with van der Waals surface area (Å²) >= 11 is 0. The standard InChI is InChI=1S/C12H10N2O2/c15-12(16)8-11(14-7-6-13-9-14)10-4-2-1-3-5-10/h1-9H,(H,15,16)/b11-8+. The lowest BCUT2D eigenvalue weighted by molar-refractivity contribution is -0.131. The van der Waals surface area contributed by atoms with Crippen LogP contribution in [-0.4, -0.2) is 20.6 Å². The van der Waals surface area contributed by atoms with E-state index < -0.39 is 5.97 Å². The molecule has 1 aromatic heterocycles. The maximum atomic E-state index is 10.8. The van der Waals surface area contributed by atoms with Gasteiger partial charge in [-0.2, -0.15) is 0 Å². The molecule has 0 amide bonds. The van der Waals surface area contributed by atoms with Crippen LogP contribution < -0.4 is 0 Å². The lowest BCUT2D eigenvalue weighted by Crippen LogP contribution is -2.00. The quantitative estimate of drug-likeness (QED) is 0.793. The average molecular weight is 214 g/mol. The van der Waals surface area contributed by atoms with Gasteiger partial charge in [0.15, 0.2) is 0 Å². The van der Waals surface area contributed by atoms with Crippen LogP contribution in [0.3, 0.4) is 0 Å². The summed E-state index contributed by atoms with van der Waals surface area (Å²) in [6.45, 7) is 0. The molecule has 16 heavy (non-hydrogen) atoms. The second-order valence-corrected chi connectivity index (χ2v) is 3.20. The predicted octanol–water partition coefficient (Wildman–Crippen LogP) is 1.86. The number of aliphatic carboxylic acids is 1. The second-order valence-electron chi connectivity index (χ2n) is 3.20. The van der Waals surface area contributed by atoms with Crippen molar-refractivity contribution in [2.75, 3.05) is 0 Å². The molecular weight excluding hydrogens is 204 g/mol. The van der Waals surface area contributed by atoms with E-state index in [1.165, 1.54) is 0 Å². The summed E-state index contributed by atoms with van der Waals surface area (Å²) in [6.07, 6.45) is 6.05. The summed E-state index contributed by atoms with van der Waals surface area (Å²) < 4.78 is 1.67. The number of benzene rings is 1. The topological polar surface area (TPSA) is 55.1 Å². The van der Waals surface area contributed by atoms with Crippen molar-refractivity contribution < 1.29 is 9.90 Å². The maximum absolute atomic E-state index is 10.8. The molecule has 0 aliphatic rings. The van der Waals surface area contributed by atoms with Gasteiger partial charge in [0.25, 0.3) is 0 Å². The minimum atomic E-state index is -0.979. The van der Waals surface area contributed by atoms with Gasteiger partial charge in [-0.1, -0.05) is 30.3 Å². The van der Waals surface area contributed by atoms with E-state index in [9.17, 15) is 4.79 Å². The second kappa shape index (κ2) is 4.44. The van der Waals surface area contributed by atoms with Gasteiger partial charge >= 0.3 is 5.97 Å². The molecule has 0 aliphatic heterocycles. The Hall–Kier alpha value is -2.36. The van der Waals surface area contributed by atoms with E-state index >= 15 is 0 Å². The van der Waals surface area contributed by atoms with Gasteiger partial charge in [0.05, 0.1) is 12.0 Å². The first-order chi connectivity index (χ1) is 7.77. The van der Waals surface area contributed by atoms with E-state index in [4.69, 9.17) is 5.11 Å². The minimum Gasteiger partial charge on any atom is -0.478 e. The first-order valence-electron chi connectivity index (χ1n) is 4.76. The van der Waals surface area contributed by atoms with Crippen molar-refractivity contribution in [2.24, 2.45) is 0 Å². The molecule has 1 N–H and O–H groups in total. The molecular formula is C12H10N2O2. The molecule has 0 bridgehead atoms. The smallest absolute Gasteiger partial charge is 0.330 e. The highest BCUT2D eigenvalue weighted by molar-refractivity contribution is 5.89. The molecule has 0 fully saturated rings. The monoisotopic (exact) mass is 214 g/mol. The Balaban J connectivity index is 2.49. The highest BCUT2D eigenvalue weighted by Crippen LogP contribution is 2.15. The number of aromatic nitrogens is 2. The van der Waals surface area contributed by atoms with E-state index in [2.05, 4.69) is 4.98 Å². The van der Waals surface area contributed by atoms with Crippen LogP contribution >= 0.6 is 0 Å². The molecule has 0 spiro atoms. The summed E-state index contributed by atoms with van der Waals surface area (Å²) in [5.74, 6) is -0.979. The van der Waals surface area contributed by atoms with Gasteiger partial charge < -0.3 is 9.67 Å². The largest absolute Gasteiger partial charge is 0.478 e. The van der Waals surface area contributed by atoms with Gasteiger partial charge in [-0.25, -0.2) is 9.78 Å². The summed E-state index contributed by atoms with van der Waals surface area (Å²) in [4.78, 5) is 14.7. The summed E-state index contributed by atoms with van der Waals surface area (Å²) in [5, 5.41) is 8.83. The van der Waals surface area contributed by atoms with Crippen LogP contribution in [0.1, 0.15) is 5.56 Å². The first-order valence-corrected chi connectivity index (χ1v) is 4.76. The number of hydrogen-bond donors (Lipinski definition) is 1. The van der Waals surface area contributed by atoms with Crippen molar-refractivity contribution in [3.63, 3.8) is 0 Å². The van der Waals surface area contributed by atoms with Crippen LogP contribution in [0.15, 0.2) is 55.1 Å². The van der Waals surface area contributed by atoms with Crippen LogP contribution in [-0.2, 0) is 4.79 Å². The number of carboxylic acid groups (broad SMARTS) is 1. The van der Waals surface area contributed by atoms with Crippen molar-refractivity contribution in [1.29, 1.82) is 0 Å². The van der Waals surface area contributed by atoms with Gasteiger partial charge in [0, 0.05) is 18.5 Å². The molecule has 0 aliphatic carbocycles. The molecule has 0 saturated carbocycles. The SMILES string of the molecule is O=C(O)/C=C(\c1ccccc1)n1ccnc1. The Labute approximate surface area is 92.5 Å². The fraction of sp³-hybridized carbons (Fsp3) is 0. The molecule has 4 nitrogen and oxygen atoms in total. The molecule has 4 heteroatoms. The van der Waals surface area contributed by atoms with Gasteiger partial charge in [-0.05, 0) is 5.56 Å². The molecule has 0 saturated heterocycles. The zero-order valence-corrected chi connectivity index (χ0v) is 8.45. The Kier molecular flexibility index (Phi) is 2.82. The number of imidazole rings is 1. The van der Waals surface area contributed by atoms with Crippen LogP contribution in [0.4, 0.5) is 0 Å². The molecule has 2 rings (SSSR count). The van der Waals surface area contributed by atoms with Crippen LogP contribution in [0.5, 0.6) is 0 Å². The third-order valence-corrected chi connectivity index (χ3v) is 2.11. The zero-order valence-electron chi connectivity index (χ0n) is 8.45. The van der Waals surface area contributed by atoms with E-state index in [1.807, 2.05) is 30.3 Å². The van der Waals surface area contributed by atoms with Gasteiger partial charge in [-0.15, -0.1) is 0 Å². The highest BCUT2D eigenvalue weighted by Gasteiger charge is 2.05. The van der Waals surface area contributed by atoms with Gasteiger partial charge in [-0.3, -0.25) is 0 Å². The van der Waals surface area contributed by atoms with Crippen LogP contribution in [0.2, 0.25) is 0 Å². The highest BCUT2D eigenvalue weighted by atomic mass is 16.4. The molecule has 2 aromatic rings. The van der Waals surface area contributed by atoms with Crippen molar-refractivity contribution in [1.82, 2.24) is 9.55 Å². The Morgan fingerprint density at radius 2 is 2.06 bits per heavy atom. The zero-order chi connectivity index (χ0) is 11.4. The van der Waals surface area contributed by atoms with Crippen LogP contribution in [0.25, 0.3) is 5.70 Å². The van der Waals surface area contributed by atoms with Crippen molar-refractivity contribution in [3.8, 4) is 0 Å². The number of rotatable bonds is 3. The minimum absolute atomic E-state index is 0.589. The van der Waals surface area contributed by atoms with Gasteiger partial charge in [0.2, 0.25) is 0 Å². The Morgan fingerprint density at radius 3 is 2.62 bits per heavy atom. The van der Waals surface area contributed by atoms with E-state index in [0.29, 0.717) is 5.70 Å². The third-order valence-electron chi connectivity index (χ3n) is 2.11. The summed E-state index contributed by atoms with van der Waals surface area (Å²) in [6, 6.07) is 9.32. The van der Waals surface area contributed by atoms with Crippen molar-refractivity contribution >= 4 is 11.7 Å². The number of carbonyl (C=O) groups is 1. The van der Waals surface area contributed by atoms with E-state index in [-0.39, 0.29) is 0 Å². The van der Waals surface area contributed by atoms with Crippen molar-refractivity contribution in [2.45, 2.75) is 0 Å². The van der Waals surface area contributed by atoms with E-state index in [1.54, 1.807) is 23.3 Å². The molecule has 0 radical (unpaired) electrons. The Morgan fingerprint density at radius 1 is 1.31 bits per heavy atom. The maximum Gasteiger partial charge on any atom is 0.330 e. The molecule has 80 valence electrons. The molecule has 1 heterocycles. The molecule has 0 atom stereocenters. The van der Waals surface area contributed by atoms with Crippen molar-refractivity contribution in [3.05, 3.63) is 60.7 Å². The Bertz CT molecular complexity index is 501. The fourth-order valence-electron chi connectivity index (χ4n) is 1.43. The molecule has 1 aromatic carbocycles. The number of carboxylic acids is 1. The van der Waals surface area contributed by atoms with Gasteiger partial charge in [0.1, 0.15) is 0 Å². The first kappa shape index (κ1) is 10.2.